The van der Waals surface area contributed by atoms with Crippen molar-refractivity contribution in [1.29, 1.82) is 0 Å². The van der Waals surface area contributed by atoms with Gasteiger partial charge in [0.1, 0.15) is 0 Å². The van der Waals surface area contributed by atoms with Crippen LogP contribution in [0.2, 0.25) is 0 Å². The van der Waals surface area contributed by atoms with Gasteiger partial charge in [0, 0.05) is 12.6 Å². The maximum Gasteiger partial charge on any atom is 0.224 e. The molecule has 0 heterocycles. The Morgan fingerprint density at radius 1 is 1.75 bits per heavy atom. The average Bonchev–Trinajstić information content (AvgIpc) is 2.34. The second kappa shape index (κ2) is 3.41. The molecule has 0 spiro atoms. The number of primary amides is 1. The molecule has 0 aromatic heterocycles. The van der Waals surface area contributed by atoms with Crippen molar-refractivity contribution in [2.75, 3.05) is 13.6 Å². The second-order valence-electron chi connectivity index (χ2n) is 3.68. The number of carbonyl (C=O) groups excluding carboxylic acids is 1. The van der Waals surface area contributed by atoms with Crippen LogP contribution < -0.4 is 16.8 Å². The first-order valence-corrected chi connectivity index (χ1v) is 4.31. The SMILES string of the molecule is CNC[C@]1(C(N)=O)CCC(N)C1. The van der Waals surface area contributed by atoms with Gasteiger partial charge in [0.2, 0.25) is 5.91 Å². The van der Waals surface area contributed by atoms with Crippen LogP contribution in [0.3, 0.4) is 0 Å². The second-order valence-corrected chi connectivity index (χ2v) is 3.68. The zero-order chi connectivity index (χ0) is 9.19. The van der Waals surface area contributed by atoms with Crippen molar-refractivity contribution in [3.63, 3.8) is 0 Å². The topological polar surface area (TPSA) is 81.1 Å². The summed E-state index contributed by atoms with van der Waals surface area (Å²) in [7, 11) is 1.83. The minimum Gasteiger partial charge on any atom is -0.369 e. The van der Waals surface area contributed by atoms with Gasteiger partial charge in [-0.05, 0) is 26.3 Å². The Labute approximate surface area is 72.7 Å². The average molecular weight is 171 g/mol. The summed E-state index contributed by atoms with van der Waals surface area (Å²) in [6.07, 6.45) is 2.46. The molecule has 0 aliphatic heterocycles. The van der Waals surface area contributed by atoms with Gasteiger partial charge in [-0.15, -0.1) is 0 Å². The quantitative estimate of drug-likeness (QED) is 0.519. The highest BCUT2D eigenvalue weighted by molar-refractivity contribution is 5.81. The van der Waals surface area contributed by atoms with Crippen LogP contribution in [0.25, 0.3) is 0 Å². The molecule has 1 aliphatic rings. The van der Waals surface area contributed by atoms with Gasteiger partial charge in [-0.1, -0.05) is 0 Å². The number of hydrogen-bond acceptors (Lipinski definition) is 3. The van der Waals surface area contributed by atoms with E-state index in [0.717, 1.165) is 19.3 Å². The fourth-order valence-electron chi connectivity index (χ4n) is 1.98. The molecule has 4 heteroatoms. The van der Waals surface area contributed by atoms with Crippen LogP contribution in [0, 0.1) is 5.41 Å². The van der Waals surface area contributed by atoms with Gasteiger partial charge in [0.15, 0.2) is 0 Å². The van der Waals surface area contributed by atoms with E-state index in [1.54, 1.807) is 0 Å². The first kappa shape index (κ1) is 9.48. The monoisotopic (exact) mass is 171 g/mol. The van der Waals surface area contributed by atoms with E-state index < -0.39 is 0 Å². The molecule has 70 valence electrons. The van der Waals surface area contributed by atoms with Crippen molar-refractivity contribution in [1.82, 2.24) is 5.32 Å². The predicted molar refractivity (Wildman–Crippen MR) is 47.4 cm³/mol. The van der Waals surface area contributed by atoms with Crippen molar-refractivity contribution in [2.45, 2.75) is 25.3 Å². The smallest absolute Gasteiger partial charge is 0.224 e. The summed E-state index contributed by atoms with van der Waals surface area (Å²) in [6, 6.07) is 0.144. The molecule has 0 aromatic carbocycles. The maximum absolute atomic E-state index is 11.2. The highest BCUT2D eigenvalue weighted by atomic mass is 16.1. The summed E-state index contributed by atoms with van der Waals surface area (Å²) in [4.78, 5) is 11.2. The first-order chi connectivity index (χ1) is 5.60. The van der Waals surface area contributed by atoms with Crippen LogP contribution in [0.15, 0.2) is 0 Å². The summed E-state index contributed by atoms with van der Waals surface area (Å²) in [5.74, 6) is -0.218. The molecule has 1 unspecified atom stereocenters. The van der Waals surface area contributed by atoms with E-state index in [0.29, 0.717) is 6.54 Å². The molecular formula is C8H17N3O. The van der Waals surface area contributed by atoms with Crippen LogP contribution in [0.4, 0.5) is 0 Å². The first-order valence-electron chi connectivity index (χ1n) is 4.31. The molecular weight excluding hydrogens is 154 g/mol. The molecule has 5 N–H and O–H groups in total. The van der Waals surface area contributed by atoms with Crippen molar-refractivity contribution >= 4 is 5.91 Å². The molecule has 2 atom stereocenters. The lowest BCUT2D eigenvalue weighted by Crippen LogP contribution is -2.43. The van der Waals surface area contributed by atoms with Crippen LogP contribution >= 0.6 is 0 Å². The van der Waals surface area contributed by atoms with Crippen molar-refractivity contribution in [3.8, 4) is 0 Å². The third-order valence-corrected chi connectivity index (χ3v) is 2.68. The van der Waals surface area contributed by atoms with E-state index in [1.165, 1.54) is 0 Å². The van der Waals surface area contributed by atoms with E-state index in [1.807, 2.05) is 7.05 Å². The van der Waals surface area contributed by atoms with E-state index in [9.17, 15) is 4.79 Å². The summed E-state index contributed by atoms with van der Waals surface area (Å²) in [5, 5.41) is 3.00. The lowest BCUT2D eigenvalue weighted by atomic mass is 9.85. The zero-order valence-corrected chi connectivity index (χ0v) is 7.47. The molecule has 0 aromatic rings. The van der Waals surface area contributed by atoms with Gasteiger partial charge >= 0.3 is 0 Å². The molecule has 0 bridgehead atoms. The summed E-state index contributed by atoms with van der Waals surface area (Å²) < 4.78 is 0. The number of nitrogens with two attached hydrogens (primary N) is 2. The molecule has 0 saturated heterocycles. The Bertz CT molecular complexity index is 179. The van der Waals surface area contributed by atoms with Crippen LogP contribution in [-0.4, -0.2) is 25.5 Å². The largest absolute Gasteiger partial charge is 0.369 e. The minimum atomic E-state index is -0.381. The molecule has 1 fully saturated rings. The molecule has 1 saturated carbocycles. The van der Waals surface area contributed by atoms with Gasteiger partial charge in [-0.3, -0.25) is 4.79 Å². The Kier molecular flexibility index (Phi) is 2.69. The fraction of sp³-hybridized carbons (Fsp3) is 0.875. The van der Waals surface area contributed by atoms with Gasteiger partial charge in [-0.2, -0.15) is 0 Å². The van der Waals surface area contributed by atoms with Crippen LogP contribution in [0.1, 0.15) is 19.3 Å². The third kappa shape index (κ3) is 1.59. The van der Waals surface area contributed by atoms with Gasteiger partial charge in [0.05, 0.1) is 5.41 Å². The Balaban J connectivity index is 2.67. The fourth-order valence-corrected chi connectivity index (χ4v) is 1.98. The number of amides is 1. The number of carbonyl (C=O) groups is 1. The Hall–Kier alpha value is -0.610. The highest BCUT2D eigenvalue weighted by Gasteiger charge is 2.42. The lowest BCUT2D eigenvalue weighted by molar-refractivity contribution is -0.127. The molecule has 1 aliphatic carbocycles. The lowest BCUT2D eigenvalue weighted by Gasteiger charge is -2.24. The molecule has 12 heavy (non-hydrogen) atoms. The van der Waals surface area contributed by atoms with E-state index in [-0.39, 0.29) is 17.4 Å². The zero-order valence-electron chi connectivity index (χ0n) is 7.47. The highest BCUT2D eigenvalue weighted by Crippen LogP contribution is 2.36. The van der Waals surface area contributed by atoms with Crippen molar-refractivity contribution in [2.24, 2.45) is 16.9 Å². The van der Waals surface area contributed by atoms with E-state index in [2.05, 4.69) is 5.32 Å². The summed E-state index contributed by atoms with van der Waals surface area (Å²) >= 11 is 0. The normalized spacial score (nSPS) is 35.3. The Morgan fingerprint density at radius 3 is 2.75 bits per heavy atom. The number of hydrogen-bond donors (Lipinski definition) is 3. The van der Waals surface area contributed by atoms with Crippen molar-refractivity contribution < 1.29 is 4.79 Å². The molecule has 1 amide bonds. The standard InChI is InChI=1S/C8H17N3O/c1-11-5-8(7(10)12)3-2-6(9)4-8/h6,11H,2-5,9H2,1H3,(H2,10,12)/t6?,8-/m0/s1. The van der Waals surface area contributed by atoms with Gasteiger partial charge in [-0.25, -0.2) is 0 Å². The van der Waals surface area contributed by atoms with Gasteiger partial charge in [0.25, 0.3) is 0 Å². The summed E-state index contributed by atoms with van der Waals surface area (Å²) in [6.45, 7) is 0.649. The van der Waals surface area contributed by atoms with E-state index in [4.69, 9.17) is 11.5 Å². The molecule has 1 rings (SSSR count). The Morgan fingerprint density at radius 2 is 2.42 bits per heavy atom. The van der Waals surface area contributed by atoms with Gasteiger partial charge < -0.3 is 16.8 Å². The van der Waals surface area contributed by atoms with Crippen LogP contribution in [-0.2, 0) is 4.79 Å². The minimum absolute atomic E-state index is 0.144. The maximum atomic E-state index is 11.2. The number of rotatable bonds is 3. The predicted octanol–water partition coefficient (Wildman–Crippen LogP) is -0.811. The van der Waals surface area contributed by atoms with E-state index >= 15 is 0 Å². The third-order valence-electron chi connectivity index (χ3n) is 2.68. The molecule has 4 nitrogen and oxygen atoms in total. The number of nitrogens with one attached hydrogen (secondary N) is 1. The van der Waals surface area contributed by atoms with Crippen molar-refractivity contribution in [3.05, 3.63) is 0 Å². The summed E-state index contributed by atoms with van der Waals surface area (Å²) in [5.41, 5.74) is 10.7. The van der Waals surface area contributed by atoms with Crippen LogP contribution in [0.5, 0.6) is 0 Å². The molecule has 0 radical (unpaired) electrons.